The van der Waals surface area contributed by atoms with Gasteiger partial charge in [-0.05, 0) is 56.9 Å². The number of rotatable bonds is 8. The lowest BCUT2D eigenvalue weighted by Crippen LogP contribution is -2.40. The zero-order valence-electron chi connectivity index (χ0n) is 16.9. The number of likely N-dealkylation sites (tertiary alicyclic amines) is 1. The number of piperidine rings is 1. The smallest absolute Gasteiger partial charge is 0.220 e. The van der Waals surface area contributed by atoms with Crippen LogP contribution < -0.4 is 11.1 Å². The van der Waals surface area contributed by atoms with Gasteiger partial charge in [-0.15, -0.1) is 24.0 Å². The van der Waals surface area contributed by atoms with Crippen LogP contribution in [-0.2, 0) is 11.3 Å². The van der Waals surface area contributed by atoms with Crippen LogP contribution in [0.4, 0.5) is 0 Å². The fourth-order valence-corrected chi connectivity index (χ4v) is 3.64. The highest BCUT2D eigenvalue weighted by Crippen LogP contribution is 2.17. The number of guanidine groups is 1. The number of nitrogens with zero attached hydrogens (tertiary/aromatic N) is 3. The molecule has 2 rings (SSSR count). The molecule has 1 aliphatic heterocycles. The van der Waals surface area contributed by atoms with Crippen LogP contribution >= 0.6 is 35.6 Å². The Morgan fingerprint density at radius 3 is 2.61 bits per heavy atom. The summed E-state index contributed by atoms with van der Waals surface area (Å²) >= 11 is 6.24. The summed E-state index contributed by atoms with van der Waals surface area (Å²) in [5, 5.41) is 4.20. The van der Waals surface area contributed by atoms with Gasteiger partial charge >= 0.3 is 0 Å². The highest BCUT2D eigenvalue weighted by atomic mass is 127. The van der Waals surface area contributed by atoms with Gasteiger partial charge in [0.25, 0.3) is 0 Å². The lowest BCUT2D eigenvalue weighted by molar-refractivity contribution is -0.123. The minimum absolute atomic E-state index is 0. The first-order valence-electron chi connectivity index (χ1n) is 9.68. The number of carbonyl (C=O) groups is 1. The molecule has 1 heterocycles. The van der Waals surface area contributed by atoms with E-state index in [2.05, 4.69) is 20.1 Å². The van der Waals surface area contributed by atoms with E-state index in [9.17, 15) is 4.79 Å². The maximum Gasteiger partial charge on any atom is 0.220 e. The summed E-state index contributed by atoms with van der Waals surface area (Å²) in [4.78, 5) is 20.1. The van der Waals surface area contributed by atoms with Gasteiger partial charge in [-0.25, -0.2) is 0 Å². The number of hydrogen-bond donors (Lipinski definition) is 2. The van der Waals surface area contributed by atoms with Crippen molar-refractivity contribution < 1.29 is 4.79 Å². The number of carbonyl (C=O) groups excluding carboxylic acids is 1. The standard InChI is InChI=1S/C20H32ClN5O.HI/c1-23-20(25(2)15-17-7-3-4-8-18(17)21)24-11-5-6-12-26-13-9-16(10-14-26)19(22)27;/h3-4,7-8,16H,5-6,9-15H2,1-2H3,(H2,22,27)(H,23,24);1H. The van der Waals surface area contributed by atoms with Crippen LogP contribution in [0, 0.1) is 5.92 Å². The number of aliphatic imine (C=N–C) groups is 1. The zero-order chi connectivity index (χ0) is 19.6. The van der Waals surface area contributed by atoms with Gasteiger partial charge in [0.1, 0.15) is 0 Å². The first kappa shape index (κ1) is 25.0. The molecule has 28 heavy (non-hydrogen) atoms. The number of unbranched alkanes of at least 4 members (excludes halogenated alkanes) is 1. The predicted octanol–water partition coefficient (Wildman–Crippen LogP) is 2.94. The Bertz CT molecular complexity index is 635. The van der Waals surface area contributed by atoms with Gasteiger partial charge in [-0.3, -0.25) is 9.79 Å². The van der Waals surface area contributed by atoms with E-state index in [1.54, 1.807) is 7.05 Å². The van der Waals surface area contributed by atoms with E-state index in [0.717, 1.165) is 68.4 Å². The van der Waals surface area contributed by atoms with Crippen LogP contribution in [-0.4, -0.2) is 61.9 Å². The number of nitrogens with one attached hydrogen (secondary N) is 1. The summed E-state index contributed by atoms with van der Waals surface area (Å²) in [7, 11) is 3.82. The van der Waals surface area contributed by atoms with E-state index in [1.165, 1.54) is 0 Å². The molecule has 0 unspecified atom stereocenters. The summed E-state index contributed by atoms with van der Waals surface area (Å²) in [6, 6.07) is 7.88. The maximum absolute atomic E-state index is 11.2. The topological polar surface area (TPSA) is 74.0 Å². The molecule has 0 spiro atoms. The first-order chi connectivity index (χ1) is 13.0. The number of primary amides is 1. The molecule has 8 heteroatoms. The molecule has 0 bridgehead atoms. The van der Waals surface area contributed by atoms with E-state index in [-0.39, 0.29) is 35.8 Å². The molecule has 158 valence electrons. The van der Waals surface area contributed by atoms with E-state index < -0.39 is 0 Å². The van der Waals surface area contributed by atoms with Crippen molar-refractivity contribution in [2.24, 2.45) is 16.6 Å². The van der Waals surface area contributed by atoms with Crippen LogP contribution in [0.3, 0.4) is 0 Å². The Morgan fingerprint density at radius 2 is 2.00 bits per heavy atom. The number of nitrogens with two attached hydrogens (primary N) is 1. The average Bonchev–Trinajstić information content (AvgIpc) is 2.66. The summed E-state index contributed by atoms with van der Waals surface area (Å²) in [5.41, 5.74) is 6.47. The highest BCUT2D eigenvalue weighted by molar-refractivity contribution is 14.0. The quantitative estimate of drug-likeness (QED) is 0.239. The molecule has 1 saturated heterocycles. The SMILES string of the molecule is CN=C(NCCCCN1CCC(C(N)=O)CC1)N(C)Cc1ccccc1Cl.I. The molecule has 1 aliphatic rings. The fraction of sp³-hybridized carbons (Fsp3) is 0.600. The Morgan fingerprint density at radius 1 is 1.32 bits per heavy atom. The fourth-order valence-electron chi connectivity index (χ4n) is 3.44. The zero-order valence-corrected chi connectivity index (χ0v) is 20.0. The van der Waals surface area contributed by atoms with Gasteiger partial charge in [0.2, 0.25) is 5.91 Å². The molecule has 1 aromatic rings. The number of amides is 1. The predicted molar refractivity (Wildman–Crippen MR) is 127 cm³/mol. The Balaban J connectivity index is 0.00000392. The molecule has 1 amide bonds. The Kier molecular flexibility index (Phi) is 11.8. The summed E-state index contributed by atoms with van der Waals surface area (Å²) < 4.78 is 0. The second-order valence-corrected chi connectivity index (χ2v) is 7.55. The second kappa shape index (κ2) is 13.2. The van der Waals surface area contributed by atoms with Gasteiger partial charge in [0.05, 0.1) is 0 Å². The van der Waals surface area contributed by atoms with E-state index in [4.69, 9.17) is 17.3 Å². The second-order valence-electron chi connectivity index (χ2n) is 7.15. The van der Waals surface area contributed by atoms with Crippen molar-refractivity contribution in [1.82, 2.24) is 15.1 Å². The molecule has 3 N–H and O–H groups in total. The van der Waals surface area contributed by atoms with Crippen LogP contribution in [0.15, 0.2) is 29.3 Å². The molecule has 1 aromatic carbocycles. The summed E-state index contributed by atoms with van der Waals surface area (Å²) in [5.74, 6) is 0.795. The third-order valence-corrected chi connectivity index (χ3v) is 5.48. The Labute approximate surface area is 190 Å². The molecule has 6 nitrogen and oxygen atoms in total. The molecular formula is C20H33ClIN5O. The number of benzene rings is 1. The highest BCUT2D eigenvalue weighted by Gasteiger charge is 2.22. The summed E-state index contributed by atoms with van der Waals surface area (Å²) in [6.45, 7) is 4.62. The largest absolute Gasteiger partial charge is 0.369 e. The maximum atomic E-state index is 11.2. The Hall–Kier alpha value is -1.06. The number of halogens is 2. The number of hydrogen-bond acceptors (Lipinski definition) is 3. The van der Waals surface area contributed by atoms with E-state index >= 15 is 0 Å². The summed E-state index contributed by atoms with van der Waals surface area (Å²) in [6.07, 6.45) is 3.99. The van der Waals surface area contributed by atoms with Gasteiger partial charge in [0.15, 0.2) is 5.96 Å². The normalized spacial score (nSPS) is 15.8. The molecule has 0 radical (unpaired) electrons. The van der Waals surface area contributed by atoms with Gasteiger partial charge < -0.3 is 20.9 Å². The molecule has 0 atom stereocenters. The van der Waals surface area contributed by atoms with Crippen molar-refractivity contribution >= 4 is 47.4 Å². The minimum Gasteiger partial charge on any atom is -0.369 e. The van der Waals surface area contributed by atoms with Crippen LogP contribution in [0.5, 0.6) is 0 Å². The molecular weight excluding hydrogens is 489 g/mol. The first-order valence-corrected chi connectivity index (χ1v) is 10.1. The van der Waals surface area contributed by atoms with Crippen molar-refractivity contribution in [2.45, 2.75) is 32.2 Å². The van der Waals surface area contributed by atoms with E-state index in [0.29, 0.717) is 6.54 Å². The van der Waals surface area contributed by atoms with Crippen molar-refractivity contribution in [2.75, 3.05) is 40.3 Å². The monoisotopic (exact) mass is 521 g/mol. The van der Waals surface area contributed by atoms with Crippen molar-refractivity contribution in [3.05, 3.63) is 34.9 Å². The van der Waals surface area contributed by atoms with Crippen LogP contribution in [0.2, 0.25) is 5.02 Å². The van der Waals surface area contributed by atoms with Crippen molar-refractivity contribution in [1.29, 1.82) is 0 Å². The third-order valence-electron chi connectivity index (χ3n) is 5.11. The van der Waals surface area contributed by atoms with Crippen molar-refractivity contribution in [3.8, 4) is 0 Å². The molecule has 1 fully saturated rings. The van der Waals surface area contributed by atoms with Crippen molar-refractivity contribution in [3.63, 3.8) is 0 Å². The van der Waals surface area contributed by atoms with Gasteiger partial charge in [0, 0.05) is 38.1 Å². The van der Waals surface area contributed by atoms with Crippen LogP contribution in [0.1, 0.15) is 31.2 Å². The van der Waals surface area contributed by atoms with Crippen LogP contribution in [0.25, 0.3) is 0 Å². The van der Waals surface area contributed by atoms with Gasteiger partial charge in [-0.2, -0.15) is 0 Å². The lowest BCUT2D eigenvalue weighted by atomic mass is 9.96. The average molecular weight is 522 g/mol. The van der Waals surface area contributed by atoms with Gasteiger partial charge in [-0.1, -0.05) is 29.8 Å². The molecule has 0 aromatic heterocycles. The molecule has 0 saturated carbocycles. The minimum atomic E-state index is -0.147. The third kappa shape index (κ3) is 8.13. The molecule has 0 aliphatic carbocycles. The van der Waals surface area contributed by atoms with E-state index in [1.807, 2.05) is 31.3 Å². The lowest BCUT2D eigenvalue weighted by Gasteiger charge is -2.30.